The van der Waals surface area contributed by atoms with Crippen LogP contribution in [0.4, 0.5) is 0 Å². The molecule has 1 aromatic heterocycles. The summed E-state index contributed by atoms with van der Waals surface area (Å²) in [6, 6.07) is 5.56. The number of phenolic OH excluding ortho intramolecular Hbond substituents is 1. The van der Waals surface area contributed by atoms with E-state index < -0.39 is 17.7 Å². The summed E-state index contributed by atoms with van der Waals surface area (Å²) in [5.41, 5.74) is 1.71. The molecule has 0 radical (unpaired) electrons. The summed E-state index contributed by atoms with van der Waals surface area (Å²) in [6.07, 6.45) is 1.25. The molecule has 1 aromatic carbocycles. The Bertz CT molecular complexity index is 1280. The van der Waals surface area contributed by atoms with Crippen LogP contribution in [0, 0.1) is 18.3 Å². The molecule has 0 aliphatic heterocycles. The molecule has 0 spiro atoms. The van der Waals surface area contributed by atoms with Gasteiger partial charge in [-0.15, -0.1) is 11.3 Å². The van der Waals surface area contributed by atoms with E-state index in [4.69, 9.17) is 9.47 Å². The van der Waals surface area contributed by atoms with Crippen LogP contribution in [0.5, 0.6) is 5.75 Å². The number of carbonyl (C=O) groups is 3. The fourth-order valence-corrected chi connectivity index (χ4v) is 5.21. The third-order valence-corrected chi connectivity index (χ3v) is 7.23. The van der Waals surface area contributed by atoms with Crippen molar-refractivity contribution in [3.63, 3.8) is 0 Å². The number of esters is 2. The first-order chi connectivity index (χ1) is 17.6. The van der Waals surface area contributed by atoms with Crippen molar-refractivity contribution in [2.24, 2.45) is 0 Å². The smallest absolute Gasteiger partial charge is 0.348 e. The Hall–Kier alpha value is -3.44. The van der Waals surface area contributed by atoms with Crippen molar-refractivity contribution in [2.75, 3.05) is 13.2 Å². The van der Waals surface area contributed by atoms with Gasteiger partial charge in [-0.05, 0) is 60.9 Å². The molecule has 1 N–H and O–H groups in total. The summed E-state index contributed by atoms with van der Waals surface area (Å²) < 4.78 is 10.3. The Morgan fingerprint density at radius 1 is 0.974 bits per heavy atom. The zero-order valence-corrected chi connectivity index (χ0v) is 24.5. The van der Waals surface area contributed by atoms with Crippen LogP contribution in [0.3, 0.4) is 0 Å². The Balaban J connectivity index is 2.60. The molecule has 7 nitrogen and oxygen atoms in total. The molecule has 0 aliphatic carbocycles. The molecule has 0 bridgehead atoms. The zero-order valence-electron chi connectivity index (χ0n) is 23.7. The van der Waals surface area contributed by atoms with E-state index in [1.807, 2.05) is 47.6 Å². The summed E-state index contributed by atoms with van der Waals surface area (Å²) >= 11 is 0.999. The lowest BCUT2D eigenvalue weighted by Gasteiger charge is -2.28. The molecule has 2 rings (SSSR count). The summed E-state index contributed by atoms with van der Waals surface area (Å²) in [5.74, 6) is -1.52. The average molecular weight is 540 g/mol. The highest BCUT2D eigenvalue weighted by molar-refractivity contribution is 7.14. The Labute approximate surface area is 229 Å². The minimum absolute atomic E-state index is 0.103. The first-order valence-electron chi connectivity index (χ1n) is 12.6. The highest BCUT2D eigenvalue weighted by atomic mass is 32.1. The number of ether oxygens (including phenoxy) is 2. The normalized spacial score (nSPS) is 12.2. The van der Waals surface area contributed by atoms with Crippen LogP contribution in [-0.4, -0.2) is 36.0 Å². The van der Waals surface area contributed by atoms with E-state index in [0.717, 1.165) is 11.3 Å². The van der Waals surface area contributed by atoms with Crippen molar-refractivity contribution < 1.29 is 29.0 Å². The Morgan fingerprint density at radius 3 is 1.92 bits per heavy atom. The number of thiophene rings is 1. The second kappa shape index (κ2) is 12.0. The minimum atomic E-state index is -0.634. The fraction of sp³-hybridized carbons (Fsp3) is 0.467. The molecule has 38 heavy (non-hydrogen) atoms. The zero-order chi connectivity index (χ0) is 29.0. The molecular weight excluding hydrogens is 502 g/mol. The van der Waals surface area contributed by atoms with Crippen molar-refractivity contribution in [1.29, 1.82) is 5.26 Å². The number of nitriles is 1. The molecule has 0 fully saturated rings. The lowest BCUT2D eigenvalue weighted by molar-refractivity contribution is -0.114. The van der Waals surface area contributed by atoms with Crippen molar-refractivity contribution in [2.45, 2.75) is 79.6 Å². The maximum Gasteiger partial charge on any atom is 0.348 e. The summed E-state index contributed by atoms with van der Waals surface area (Å²) in [7, 11) is 0. The topological polar surface area (TPSA) is 114 Å². The molecular formula is C30H37NO6S. The number of phenols is 1. The van der Waals surface area contributed by atoms with Gasteiger partial charge in [-0.2, -0.15) is 5.26 Å². The van der Waals surface area contributed by atoms with Crippen molar-refractivity contribution in [3.8, 4) is 11.8 Å². The number of aromatic hydroxyl groups is 1. The third-order valence-electron chi connectivity index (χ3n) is 5.96. The maximum atomic E-state index is 13.3. The molecule has 0 amide bonds. The number of benzene rings is 1. The van der Waals surface area contributed by atoms with E-state index in [9.17, 15) is 24.8 Å². The van der Waals surface area contributed by atoms with Gasteiger partial charge in [0.05, 0.1) is 24.4 Å². The Morgan fingerprint density at radius 2 is 1.47 bits per heavy atom. The SMILES string of the molecule is CCOC(=O)c1sc(CC(=O)/C(C#N)=C/c2cc(C(C)(C)C)c(O)c(C(C)(C)C)c2)c(C(=O)OCC)c1C. The lowest BCUT2D eigenvalue weighted by Crippen LogP contribution is -2.17. The van der Waals surface area contributed by atoms with E-state index in [-0.39, 0.29) is 52.2 Å². The highest BCUT2D eigenvalue weighted by Crippen LogP contribution is 2.40. The van der Waals surface area contributed by atoms with Crippen LogP contribution in [0.2, 0.25) is 0 Å². The van der Waals surface area contributed by atoms with E-state index in [1.54, 1.807) is 32.9 Å². The molecule has 0 saturated heterocycles. The van der Waals surface area contributed by atoms with E-state index in [1.165, 1.54) is 6.08 Å². The Kier molecular flexibility index (Phi) is 9.68. The number of hydrogen-bond acceptors (Lipinski definition) is 8. The number of nitrogens with zero attached hydrogens (tertiary/aromatic N) is 1. The van der Waals surface area contributed by atoms with Gasteiger partial charge in [-0.1, -0.05) is 41.5 Å². The van der Waals surface area contributed by atoms with Crippen LogP contribution in [0.15, 0.2) is 17.7 Å². The van der Waals surface area contributed by atoms with Crippen LogP contribution in [-0.2, 0) is 31.5 Å². The van der Waals surface area contributed by atoms with Gasteiger partial charge in [-0.25, -0.2) is 9.59 Å². The summed E-state index contributed by atoms with van der Waals surface area (Å²) in [4.78, 5) is 39.0. The van der Waals surface area contributed by atoms with Gasteiger partial charge in [0, 0.05) is 22.4 Å². The van der Waals surface area contributed by atoms with Gasteiger partial charge in [0.25, 0.3) is 0 Å². The average Bonchev–Trinajstić information content (AvgIpc) is 3.12. The van der Waals surface area contributed by atoms with Crippen molar-refractivity contribution in [3.05, 3.63) is 55.3 Å². The quantitative estimate of drug-likeness (QED) is 0.234. The molecule has 0 aliphatic rings. The highest BCUT2D eigenvalue weighted by Gasteiger charge is 2.29. The lowest BCUT2D eigenvalue weighted by atomic mass is 9.78. The van der Waals surface area contributed by atoms with Crippen LogP contribution >= 0.6 is 11.3 Å². The summed E-state index contributed by atoms with van der Waals surface area (Å²) in [6.45, 7) is 17.2. The molecule has 1 heterocycles. The van der Waals surface area contributed by atoms with Crippen molar-refractivity contribution >= 4 is 35.1 Å². The molecule has 0 saturated carbocycles. The van der Waals surface area contributed by atoms with E-state index in [0.29, 0.717) is 27.1 Å². The second-order valence-corrected chi connectivity index (χ2v) is 12.1. The number of rotatable bonds is 8. The first-order valence-corrected chi connectivity index (χ1v) is 13.4. The molecule has 8 heteroatoms. The molecule has 0 atom stereocenters. The number of hydrogen-bond donors (Lipinski definition) is 1. The molecule has 2 aromatic rings. The maximum absolute atomic E-state index is 13.3. The van der Waals surface area contributed by atoms with E-state index >= 15 is 0 Å². The monoisotopic (exact) mass is 539 g/mol. The van der Waals surface area contributed by atoms with Gasteiger partial charge in [0.1, 0.15) is 16.7 Å². The number of Topliss-reactive ketones (excluding diaryl/α,β-unsaturated/α-hetero) is 1. The van der Waals surface area contributed by atoms with E-state index in [2.05, 4.69) is 0 Å². The number of ketones is 1. The van der Waals surface area contributed by atoms with Gasteiger partial charge in [0.2, 0.25) is 0 Å². The molecule has 0 unspecified atom stereocenters. The standard InChI is InChI=1S/C30H37NO6S/c1-10-36-27(34)24-17(3)26(28(35)37-11-2)38-23(24)15-22(32)19(16-31)12-18-13-20(29(4,5)6)25(33)21(14-18)30(7,8)9/h12-14,33H,10-11,15H2,1-9H3/b19-12+. The van der Waals surface area contributed by atoms with Crippen LogP contribution < -0.4 is 0 Å². The van der Waals surface area contributed by atoms with Crippen LogP contribution in [0.25, 0.3) is 6.08 Å². The third kappa shape index (κ3) is 6.90. The van der Waals surface area contributed by atoms with Gasteiger partial charge in [-0.3, -0.25) is 4.79 Å². The van der Waals surface area contributed by atoms with Gasteiger partial charge < -0.3 is 14.6 Å². The predicted octanol–water partition coefficient (Wildman–Crippen LogP) is 6.43. The molecule has 204 valence electrons. The largest absolute Gasteiger partial charge is 0.507 e. The van der Waals surface area contributed by atoms with Crippen LogP contribution in [0.1, 0.15) is 103 Å². The number of carbonyl (C=O) groups excluding carboxylic acids is 3. The summed E-state index contributed by atoms with van der Waals surface area (Å²) in [5, 5.41) is 20.9. The fourth-order valence-electron chi connectivity index (χ4n) is 4.03. The predicted molar refractivity (Wildman–Crippen MR) is 149 cm³/mol. The van der Waals surface area contributed by atoms with Gasteiger partial charge >= 0.3 is 11.9 Å². The second-order valence-electron chi connectivity index (χ2n) is 11.0. The van der Waals surface area contributed by atoms with Gasteiger partial charge in [0.15, 0.2) is 5.78 Å². The van der Waals surface area contributed by atoms with Crippen molar-refractivity contribution in [1.82, 2.24) is 0 Å². The first kappa shape index (κ1) is 30.8. The minimum Gasteiger partial charge on any atom is -0.507 e. The number of allylic oxidation sites excluding steroid dienone is 1.